The number of carbonyl (C=O) groups is 1. The average molecular weight is 160 g/mol. The molecule has 0 unspecified atom stereocenters. The molecule has 10 heavy (non-hydrogen) atoms. The highest BCUT2D eigenvalue weighted by Gasteiger charge is 2.01. The fourth-order valence-electron chi connectivity index (χ4n) is 0.344. The van der Waals surface area contributed by atoms with Gasteiger partial charge in [0.2, 0.25) is 0 Å². The summed E-state index contributed by atoms with van der Waals surface area (Å²) in [5.74, 6) is 0.209. The number of hydrogen-bond acceptors (Lipinski definition) is 3. The van der Waals surface area contributed by atoms with Crippen LogP contribution in [0.5, 0.6) is 0 Å². The number of hydrogen-bond donors (Lipinski definition) is 0. The second-order valence-corrected chi connectivity index (χ2v) is 2.62. The van der Waals surface area contributed by atoms with Gasteiger partial charge in [-0.15, -0.1) is 11.8 Å². The van der Waals surface area contributed by atoms with E-state index in [1.165, 1.54) is 11.8 Å². The van der Waals surface area contributed by atoms with Crippen molar-refractivity contribution in [2.24, 2.45) is 0 Å². The van der Waals surface area contributed by atoms with E-state index in [1.807, 2.05) is 13.2 Å². The zero-order valence-corrected chi connectivity index (χ0v) is 7.33. The maximum atomic E-state index is 10.8. The normalized spacial score (nSPS) is 11.3. The van der Waals surface area contributed by atoms with Crippen LogP contribution in [0, 0.1) is 0 Å². The molecule has 0 fully saturated rings. The summed E-state index contributed by atoms with van der Waals surface area (Å²) in [4.78, 5) is 10.8. The molecule has 0 rings (SSSR count). The SMILES string of the molecule is CC=C(C)C(=O)OCSC. The van der Waals surface area contributed by atoms with E-state index in [4.69, 9.17) is 4.74 Å². The van der Waals surface area contributed by atoms with E-state index in [2.05, 4.69) is 0 Å². The molecular formula is C7H12O2S. The largest absolute Gasteiger partial charge is 0.451 e. The Bertz CT molecular complexity index is 141. The highest BCUT2D eigenvalue weighted by atomic mass is 32.2. The minimum absolute atomic E-state index is 0.225. The highest BCUT2D eigenvalue weighted by molar-refractivity contribution is 7.98. The predicted molar refractivity (Wildman–Crippen MR) is 43.9 cm³/mol. The minimum Gasteiger partial charge on any atom is -0.451 e. The van der Waals surface area contributed by atoms with Gasteiger partial charge >= 0.3 is 5.97 Å². The van der Waals surface area contributed by atoms with Crippen LogP contribution in [0.2, 0.25) is 0 Å². The molecule has 0 atom stereocenters. The zero-order chi connectivity index (χ0) is 7.98. The quantitative estimate of drug-likeness (QED) is 0.358. The Labute approximate surface area is 65.6 Å². The van der Waals surface area contributed by atoms with Crippen molar-refractivity contribution < 1.29 is 9.53 Å². The molecule has 0 amide bonds. The molecule has 0 spiro atoms. The van der Waals surface area contributed by atoms with E-state index in [0.717, 1.165) is 0 Å². The summed E-state index contributed by atoms with van der Waals surface area (Å²) in [6, 6.07) is 0. The summed E-state index contributed by atoms with van der Waals surface area (Å²) in [6.45, 7) is 3.55. The first-order chi connectivity index (χ1) is 4.72. The standard InChI is InChI=1S/C7H12O2S/c1-4-6(2)7(8)9-5-10-3/h4H,5H2,1-3H3. The lowest BCUT2D eigenvalue weighted by Crippen LogP contribution is -2.04. The first-order valence-corrected chi connectivity index (χ1v) is 4.40. The summed E-state index contributed by atoms with van der Waals surface area (Å²) >= 11 is 1.49. The molecule has 0 heterocycles. The van der Waals surface area contributed by atoms with E-state index >= 15 is 0 Å². The van der Waals surface area contributed by atoms with Crippen molar-refractivity contribution in [2.45, 2.75) is 13.8 Å². The molecule has 0 saturated heterocycles. The van der Waals surface area contributed by atoms with Crippen LogP contribution in [-0.2, 0) is 9.53 Å². The van der Waals surface area contributed by atoms with Crippen LogP contribution in [0.25, 0.3) is 0 Å². The Morgan fingerprint density at radius 3 is 2.70 bits per heavy atom. The highest BCUT2D eigenvalue weighted by Crippen LogP contribution is 1.99. The monoisotopic (exact) mass is 160 g/mol. The van der Waals surface area contributed by atoms with Crippen molar-refractivity contribution >= 4 is 17.7 Å². The van der Waals surface area contributed by atoms with Crippen LogP contribution >= 0.6 is 11.8 Å². The number of esters is 1. The first kappa shape index (κ1) is 9.56. The molecule has 2 nitrogen and oxygen atoms in total. The van der Waals surface area contributed by atoms with E-state index < -0.39 is 0 Å². The number of thioether (sulfide) groups is 1. The number of rotatable bonds is 3. The average Bonchev–Trinajstić information content (AvgIpc) is 1.98. The van der Waals surface area contributed by atoms with E-state index in [0.29, 0.717) is 11.5 Å². The molecule has 0 aromatic heterocycles. The van der Waals surface area contributed by atoms with E-state index in [1.54, 1.807) is 13.0 Å². The summed E-state index contributed by atoms with van der Waals surface area (Å²) in [7, 11) is 0. The van der Waals surface area contributed by atoms with Gasteiger partial charge in [0, 0.05) is 5.57 Å². The van der Waals surface area contributed by atoms with Gasteiger partial charge in [0.15, 0.2) is 0 Å². The number of carbonyl (C=O) groups excluding carboxylic acids is 1. The first-order valence-electron chi connectivity index (χ1n) is 3.01. The van der Waals surface area contributed by atoms with Crippen molar-refractivity contribution in [3.05, 3.63) is 11.6 Å². The molecule has 0 aromatic carbocycles. The van der Waals surface area contributed by atoms with Crippen molar-refractivity contribution in [1.29, 1.82) is 0 Å². The Balaban J connectivity index is 3.63. The maximum Gasteiger partial charge on any atom is 0.334 e. The van der Waals surface area contributed by atoms with E-state index in [9.17, 15) is 4.79 Å². The lowest BCUT2D eigenvalue weighted by Gasteiger charge is -2.00. The van der Waals surface area contributed by atoms with Crippen molar-refractivity contribution in [3.8, 4) is 0 Å². The summed E-state index contributed by atoms with van der Waals surface area (Å²) in [6.07, 6.45) is 3.63. The molecule has 0 bridgehead atoms. The Kier molecular flexibility index (Phi) is 5.12. The molecule has 3 heteroatoms. The molecule has 0 saturated carbocycles. The number of allylic oxidation sites excluding steroid dienone is 1. The second-order valence-electron chi connectivity index (χ2n) is 1.81. The summed E-state index contributed by atoms with van der Waals surface area (Å²) in [5.41, 5.74) is 0.661. The molecule has 0 aliphatic carbocycles. The van der Waals surface area contributed by atoms with Gasteiger partial charge in [-0.25, -0.2) is 4.79 Å². The van der Waals surface area contributed by atoms with Gasteiger partial charge in [-0.3, -0.25) is 0 Å². The fourth-order valence-corrected chi connectivity index (χ4v) is 0.569. The van der Waals surface area contributed by atoms with Crippen LogP contribution in [0.15, 0.2) is 11.6 Å². The smallest absolute Gasteiger partial charge is 0.334 e. The van der Waals surface area contributed by atoms with Crippen molar-refractivity contribution in [3.63, 3.8) is 0 Å². The predicted octanol–water partition coefficient (Wildman–Crippen LogP) is 1.82. The molecule has 0 aromatic rings. The molecular weight excluding hydrogens is 148 g/mol. The maximum absolute atomic E-state index is 10.8. The molecule has 0 aliphatic rings. The fraction of sp³-hybridized carbons (Fsp3) is 0.571. The zero-order valence-electron chi connectivity index (χ0n) is 6.51. The Morgan fingerprint density at radius 1 is 1.70 bits per heavy atom. The number of ether oxygens (including phenoxy) is 1. The van der Waals surface area contributed by atoms with Gasteiger partial charge in [-0.2, -0.15) is 0 Å². The van der Waals surface area contributed by atoms with Crippen LogP contribution in [0.3, 0.4) is 0 Å². The van der Waals surface area contributed by atoms with E-state index in [-0.39, 0.29) is 5.97 Å². The van der Waals surface area contributed by atoms with Gasteiger partial charge in [0.05, 0.1) is 0 Å². The Morgan fingerprint density at radius 2 is 2.30 bits per heavy atom. The lowest BCUT2D eigenvalue weighted by atomic mass is 10.3. The molecule has 0 aliphatic heterocycles. The van der Waals surface area contributed by atoms with Crippen LogP contribution in [0.1, 0.15) is 13.8 Å². The minimum atomic E-state index is -0.225. The van der Waals surface area contributed by atoms with Crippen LogP contribution < -0.4 is 0 Å². The summed E-state index contributed by atoms with van der Waals surface area (Å²) < 4.78 is 4.80. The second kappa shape index (κ2) is 5.35. The lowest BCUT2D eigenvalue weighted by molar-refractivity contribution is -0.136. The van der Waals surface area contributed by atoms with Gasteiger partial charge in [0.1, 0.15) is 5.94 Å². The van der Waals surface area contributed by atoms with Gasteiger partial charge < -0.3 is 4.74 Å². The topological polar surface area (TPSA) is 26.3 Å². The van der Waals surface area contributed by atoms with Crippen LogP contribution in [0.4, 0.5) is 0 Å². The third-order valence-corrected chi connectivity index (χ3v) is 1.42. The third-order valence-electron chi connectivity index (χ3n) is 1.06. The molecule has 58 valence electrons. The van der Waals surface area contributed by atoms with Crippen molar-refractivity contribution in [1.82, 2.24) is 0 Å². The van der Waals surface area contributed by atoms with Gasteiger partial charge in [-0.05, 0) is 20.1 Å². The molecule has 0 N–H and O–H groups in total. The van der Waals surface area contributed by atoms with Gasteiger partial charge in [-0.1, -0.05) is 6.08 Å². The Hall–Kier alpha value is -0.440. The molecule has 0 radical (unpaired) electrons. The van der Waals surface area contributed by atoms with Gasteiger partial charge in [0.25, 0.3) is 0 Å². The third kappa shape index (κ3) is 3.56. The van der Waals surface area contributed by atoms with Crippen molar-refractivity contribution in [2.75, 3.05) is 12.2 Å². The van der Waals surface area contributed by atoms with Crippen LogP contribution in [-0.4, -0.2) is 18.2 Å². The summed E-state index contributed by atoms with van der Waals surface area (Å²) in [5, 5.41) is 0.